The molecule has 0 bridgehead atoms. The summed E-state index contributed by atoms with van der Waals surface area (Å²) in [5.41, 5.74) is 0. The molecule has 0 spiro atoms. The topological polar surface area (TPSA) is 58.6 Å². The summed E-state index contributed by atoms with van der Waals surface area (Å²) in [5, 5.41) is 13.0. The predicted molar refractivity (Wildman–Crippen MR) is 78.3 cm³/mol. The van der Waals surface area contributed by atoms with E-state index in [9.17, 15) is 4.79 Å². The van der Waals surface area contributed by atoms with Gasteiger partial charge in [0.15, 0.2) is 0 Å². The van der Waals surface area contributed by atoms with E-state index >= 15 is 0 Å². The predicted octanol–water partition coefficient (Wildman–Crippen LogP) is 2.81. The number of nitrogens with one attached hydrogen (secondary N) is 1. The van der Waals surface area contributed by atoms with E-state index < -0.39 is 5.97 Å². The highest BCUT2D eigenvalue weighted by Gasteiger charge is 2.32. The molecule has 0 heterocycles. The first-order valence-corrected chi connectivity index (χ1v) is 7.36. The van der Waals surface area contributed by atoms with Gasteiger partial charge < -0.3 is 15.2 Å². The van der Waals surface area contributed by atoms with Gasteiger partial charge in [0.05, 0.1) is 5.92 Å². The van der Waals surface area contributed by atoms with Crippen LogP contribution in [-0.2, 0) is 4.79 Å². The fourth-order valence-electron chi connectivity index (χ4n) is 2.69. The Morgan fingerprint density at radius 1 is 1.45 bits per heavy atom. The SMILES string of the molecule is O=C(O)C1CCCC1CNCCOc1cccc(Cl)c1. The lowest BCUT2D eigenvalue weighted by Gasteiger charge is -2.16. The van der Waals surface area contributed by atoms with Gasteiger partial charge in [0, 0.05) is 11.6 Å². The molecule has 0 radical (unpaired) electrons. The lowest BCUT2D eigenvalue weighted by molar-refractivity contribution is -0.142. The molecule has 5 heteroatoms. The standard InChI is InChI=1S/C15H20ClNO3/c16-12-4-2-5-13(9-12)20-8-7-17-10-11-3-1-6-14(11)15(18)19/h2,4-5,9,11,14,17H,1,3,6-8,10H2,(H,18,19). The molecule has 2 unspecified atom stereocenters. The molecule has 0 aliphatic heterocycles. The second-order valence-corrected chi connectivity index (χ2v) is 5.58. The number of ether oxygens (including phenoxy) is 1. The van der Waals surface area contributed by atoms with Crippen molar-refractivity contribution in [2.45, 2.75) is 19.3 Å². The Morgan fingerprint density at radius 3 is 3.05 bits per heavy atom. The number of carboxylic acid groups (broad SMARTS) is 1. The second kappa shape index (κ2) is 7.50. The smallest absolute Gasteiger partial charge is 0.306 e. The zero-order valence-electron chi connectivity index (χ0n) is 11.3. The lowest BCUT2D eigenvalue weighted by atomic mass is 9.96. The fourth-order valence-corrected chi connectivity index (χ4v) is 2.87. The minimum absolute atomic E-state index is 0.184. The number of benzene rings is 1. The van der Waals surface area contributed by atoms with Crippen LogP contribution in [0.5, 0.6) is 5.75 Å². The molecule has 1 aliphatic rings. The highest BCUT2D eigenvalue weighted by Crippen LogP contribution is 2.31. The van der Waals surface area contributed by atoms with Crippen LogP contribution in [0, 0.1) is 11.8 Å². The minimum Gasteiger partial charge on any atom is -0.492 e. The summed E-state index contributed by atoms with van der Waals surface area (Å²) in [6, 6.07) is 7.29. The summed E-state index contributed by atoms with van der Waals surface area (Å²) in [6.07, 6.45) is 2.82. The molecule has 2 rings (SSSR count). The highest BCUT2D eigenvalue weighted by atomic mass is 35.5. The Hall–Kier alpha value is -1.26. The first-order valence-electron chi connectivity index (χ1n) is 6.98. The van der Waals surface area contributed by atoms with Gasteiger partial charge in [0.1, 0.15) is 12.4 Å². The summed E-state index contributed by atoms with van der Waals surface area (Å²) in [6.45, 7) is 2.00. The minimum atomic E-state index is -0.663. The summed E-state index contributed by atoms with van der Waals surface area (Å²) in [5.74, 6) is 0.156. The number of hydrogen-bond acceptors (Lipinski definition) is 3. The maximum Gasteiger partial charge on any atom is 0.306 e. The van der Waals surface area contributed by atoms with E-state index in [1.165, 1.54) is 0 Å². The summed E-state index contributed by atoms with van der Waals surface area (Å²) >= 11 is 5.87. The van der Waals surface area contributed by atoms with Crippen LogP contribution in [0.3, 0.4) is 0 Å². The third kappa shape index (κ3) is 4.39. The van der Waals surface area contributed by atoms with E-state index in [2.05, 4.69) is 5.32 Å². The molecule has 2 N–H and O–H groups in total. The van der Waals surface area contributed by atoms with Crippen molar-refractivity contribution >= 4 is 17.6 Å². The number of hydrogen-bond donors (Lipinski definition) is 2. The average Bonchev–Trinajstić information content (AvgIpc) is 2.87. The van der Waals surface area contributed by atoms with E-state index in [1.807, 2.05) is 12.1 Å². The van der Waals surface area contributed by atoms with Crippen LogP contribution in [0.25, 0.3) is 0 Å². The monoisotopic (exact) mass is 297 g/mol. The summed E-state index contributed by atoms with van der Waals surface area (Å²) in [4.78, 5) is 11.1. The van der Waals surface area contributed by atoms with Crippen molar-refractivity contribution in [2.24, 2.45) is 11.8 Å². The second-order valence-electron chi connectivity index (χ2n) is 5.15. The van der Waals surface area contributed by atoms with E-state index in [0.717, 1.165) is 31.6 Å². The normalized spacial score (nSPS) is 21.9. The Balaban J connectivity index is 1.63. The van der Waals surface area contributed by atoms with E-state index in [4.69, 9.17) is 21.4 Å². The van der Waals surface area contributed by atoms with Crippen molar-refractivity contribution in [3.8, 4) is 5.75 Å². The van der Waals surface area contributed by atoms with Gasteiger partial charge >= 0.3 is 5.97 Å². The van der Waals surface area contributed by atoms with Crippen molar-refractivity contribution < 1.29 is 14.6 Å². The molecule has 1 aromatic rings. The number of halogens is 1. The van der Waals surface area contributed by atoms with Crippen LogP contribution in [-0.4, -0.2) is 30.8 Å². The zero-order chi connectivity index (χ0) is 14.4. The van der Waals surface area contributed by atoms with Gasteiger partial charge in [-0.25, -0.2) is 0 Å². The first-order chi connectivity index (χ1) is 9.66. The maximum absolute atomic E-state index is 11.1. The van der Waals surface area contributed by atoms with Crippen molar-refractivity contribution in [2.75, 3.05) is 19.7 Å². The Kier molecular flexibility index (Phi) is 5.68. The van der Waals surface area contributed by atoms with Gasteiger partial charge in [0.25, 0.3) is 0 Å². The van der Waals surface area contributed by atoms with Crippen LogP contribution in [0.15, 0.2) is 24.3 Å². The lowest BCUT2D eigenvalue weighted by Crippen LogP contribution is -2.31. The fraction of sp³-hybridized carbons (Fsp3) is 0.533. The molecule has 0 saturated heterocycles. The molecular formula is C15H20ClNO3. The van der Waals surface area contributed by atoms with Crippen molar-refractivity contribution in [3.63, 3.8) is 0 Å². The first kappa shape index (κ1) is 15.1. The van der Waals surface area contributed by atoms with Crippen LogP contribution < -0.4 is 10.1 Å². The summed E-state index contributed by atoms with van der Waals surface area (Å²) < 4.78 is 5.56. The van der Waals surface area contributed by atoms with E-state index in [1.54, 1.807) is 12.1 Å². The van der Waals surface area contributed by atoms with Crippen LogP contribution >= 0.6 is 11.6 Å². The Morgan fingerprint density at radius 2 is 2.30 bits per heavy atom. The zero-order valence-corrected chi connectivity index (χ0v) is 12.1. The average molecular weight is 298 g/mol. The molecule has 4 nitrogen and oxygen atoms in total. The quantitative estimate of drug-likeness (QED) is 0.760. The molecule has 0 amide bonds. The van der Waals surface area contributed by atoms with Gasteiger partial charge in [0.2, 0.25) is 0 Å². The molecule has 1 fully saturated rings. The molecule has 110 valence electrons. The number of aliphatic carboxylic acids is 1. The van der Waals surface area contributed by atoms with Gasteiger partial charge in [-0.1, -0.05) is 24.1 Å². The van der Waals surface area contributed by atoms with Crippen molar-refractivity contribution in [1.29, 1.82) is 0 Å². The van der Waals surface area contributed by atoms with Gasteiger partial charge in [-0.3, -0.25) is 4.79 Å². The van der Waals surface area contributed by atoms with Crippen molar-refractivity contribution in [1.82, 2.24) is 5.32 Å². The molecule has 20 heavy (non-hydrogen) atoms. The molecule has 1 aliphatic carbocycles. The molecular weight excluding hydrogens is 278 g/mol. The van der Waals surface area contributed by atoms with Crippen LogP contribution in [0.4, 0.5) is 0 Å². The highest BCUT2D eigenvalue weighted by molar-refractivity contribution is 6.30. The third-order valence-electron chi connectivity index (χ3n) is 3.73. The number of rotatable bonds is 7. The Labute approximate surface area is 124 Å². The summed E-state index contributed by atoms with van der Waals surface area (Å²) in [7, 11) is 0. The molecule has 1 aromatic carbocycles. The van der Waals surface area contributed by atoms with Crippen LogP contribution in [0.2, 0.25) is 5.02 Å². The van der Waals surface area contributed by atoms with Crippen LogP contribution in [0.1, 0.15) is 19.3 Å². The van der Waals surface area contributed by atoms with E-state index in [-0.39, 0.29) is 11.8 Å². The maximum atomic E-state index is 11.1. The van der Waals surface area contributed by atoms with Gasteiger partial charge in [-0.05, 0) is 43.5 Å². The molecule has 0 aromatic heterocycles. The van der Waals surface area contributed by atoms with Crippen molar-refractivity contribution in [3.05, 3.63) is 29.3 Å². The Bertz CT molecular complexity index is 452. The molecule has 2 atom stereocenters. The third-order valence-corrected chi connectivity index (χ3v) is 3.96. The van der Waals surface area contributed by atoms with Gasteiger partial charge in [-0.15, -0.1) is 0 Å². The molecule has 1 saturated carbocycles. The largest absolute Gasteiger partial charge is 0.492 e. The number of carboxylic acids is 1. The number of carbonyl (C=O) groups is 1. The van der Waals surface area contributed by atoms with Gasteiger partial charge in [-0.2, -0.15) is 0 Å². The van der Waals surface area contributed by atoms with E-state index in [0.29, 0.717) is 18.2 Å².